The number of hydrogen-bond donors (Lipinski definition) is 0. The maximum Gasteiger partial charge on any atom is 0.225 e. The van der Waals surface area contributed by atoms with E-state index in [0.29, 0.717) is 11.8 Å². The number of likely N-dealkylation sites (tertiary alicyclic amines) is 1. The largest absolute Gasteiger partial charge is 0.481 e. The Bertz CT molecular complexity index is 577. The number of ether oxygens (including phenoxy) is 2. The SMILES string of the molecule is COc1cccc(CN2CCC(C(=O)N3C[C@H](C)O[C@@H](C)C3)CC2)n1. The zero-order valence-electron chi connectivity index (χ0n) is 15.5. The second-order valence-electron chi connectivity index (χ2n) is 7.22. The number of carbonyl (C=O) groups excluding carboxylic acids is 1. The molecule has 2 saturated heterocycles. The molecule has 2 aliphatic heterocycles. The van der Waals surface area contributed by atoms with Gasteiger partial charge in [-0.25, -0.2) is 4.98 Å². The molecule has 1 aromatic heterocycles. The van der Waals surface area contributed by atoms with Gasteiger partial charge in [-0.3, -0.25) is 9.69 Å². The van der Waals surface area contributed by atoms with Crippen LogP contribution in [0.25, 0.3) is 0 Å². The van der Waals surface area contributed by atoms with Crippen molar-refractivity contribution in [1.29, 1.82) is 0 Å². The van der Waals surface area contributed by atoms with Gasteiger partial charge in [-0.05, 0) is 45.8 Å². The Kier molecular flexibility index (Phi) is 5.91. The molecular weight excluding hydrogens is 318 g/mol. The topological polar surface area (TPSA) is 54.9 Å². The molecule has 0 saturated carbocycles. The Hall–Kier alpha value is -1.66. The lowest BCUT2D eigenvalue weighted by Gasteiger charge is -2.39. The predicted molar refractivity (Wildman–Crippen MR) is 95.4 cm³/mol. The molecular formula is C19H29N3O3. The molecule has 0 N–H and O–H groups in total. The zero-order chi connectivity index (χ0) is 17.8. The van der Waals surface area contributed by atoms with Crippen LogP contribution in [0.3, 0.4) is 0 Å². The summed E-state index contributed by atoms with van der Waals surface area (Å²) in [6, 6.07) is 5.85. The van der Waals surface area contributed by atoms with E-state index in [2.05, 4.69) is 9.88 Å². The first-order chi connectivity index (χ1) is 12.0. The van der Waals surface area contributed by atoms with Crippen LogP contribution in [-0.4, -0.2) is 66.2 Å². The number of methoxy groups -OCH3 is 1. The number of aromatic nitrogens is 1. The maximum absolute atomic E-state index is 12.8. The third kappa shape index (κ3) is 4.70. The third-order valence-electron chi connectivity index (χ3n) is 5.04. The summed E-state index contributed by atoms with van der Waals surface area (Å²) in [5, 5.41) is 0. The van der Waals surface area contributed by atoms with Crippen LogP contribution in [0.15, 0.2) is 18.2 Å². The average molecular weight is 347 g/mol. The standard InChI is InChI=1S/C19H29N3O3/c1-14-11-22(12-15(2)25-14)19(23)16-7-9-21(10-8-16)13-17-5-4-6-18(20-17)24-3/h4-6,14-16H,7-13H2,1-3H3/t14-,15-/m0/s1. The van der Waals surface area contributed by atoms with E-state index in [1.54, 1.807) is 7.11 Å². The minimum atomic E-state index is 0.131. The van der Waals surface area contributed by atoms with Crippen molar-refractivity contribution in [2.24, 2.45) is 5.92 Å². The highest BCUT2D eigenvalue weighted by Gasteiger charge is 2.32. The van der Waals surface area contributed by atoms with Crippen molar-refractivity contribution in [2.75, 3.05) is 33.3 Å². The summed E-state index contributed by atoms with van der Waals surface area (Å²) in [5.41, 5.74) is 1.01. The molecule has 2 atom stereocenters. The summed E-state index contributed by atoms with van der Waals surface area (Å²) in [6.45, 7) is 8.20. The molecule has 25 heavy (non-hydrogen) atoms. The molecule has 2 aliphatic rings. The maximum atomic E-state index is 12.8. The first-order valence-corrected chi connectivity index (χ1v) is 9.21. The molecule has 6 heteroatoms. The Balaban J connectivity index is 1.50. The van der Waals surface area contributed by atoms with Crippen molar-refractivity contribution in [3.8, 4) is 5.88 Å². The zero-order valence-corrected chi connectivity index (χ0v) is 15.5. The van der Waals surface area contributed by atoms with Crippen LogP contribution >= 0.6 is 0 Å². The van der Waals surface area contributed by atoms with Crippen molar-refractivity contribution in [1.82, 2.24) is 14.8 Å². The molecule has 3 rings (SSSR count). The van der Waals surface area contributed by atoms with E-state index in [9.17, 15) is 4.79 Å². The van der Waals surface area contributed by atoms with E-state index in [1.807, 2.05) is 36.9 Å². The van der Waals surface area contributed by atoms with Gasteiger partial charge in [0.05, 0.1) is 25.0 Å². The highest BCUT2D eigenvalue weighted by atomic mass is 16.5. The predicted octanol–water partition coefficient (Wildman–Crippen LogP) is 1.94. The highest BCUT2D eigenvalue weighted by molar-refractivity contribution is 5.79. The van der Waals surface area contributed by atoms with E-state index >= 15 is 0 Å². The van der Waals surface area contributed by atoms with E-state index in [0.717, 1.165) is 51.3 Å². The molecule has 0 unspecified atom stereocenters. The first-order valence-electron chi connectivity index (χ1n) is 9.21. The van der Waals surface area contributed by atoms with E-state index in [4.69, 9.17) is 9.47 Å². The minimum Gasteiger partial charge on any atom is -0.481 e. The number of hydrogen-bond acceptors (Lipinski definition) is 5. The molecule has 1 aromatic rings. The van der Waals surface area contributed by atoms with Crippen LogP contribution in [0, 0.1) is 5.92 Å². The van der Waals surface area contributed by atoms with E-state index in [-0.39, 0.29) is 18.1 Å². The van der Waals surface area contributed by atoms with Gasteiger partial charge in [-0.15, -0.1) is 0 Å². The van der Waals surface area contributed by atoms with Gasteiger partial charge in [-0.2, -0.15) is 0 Å². The molecule has 3 heterocycles. The molecule has 0 aromatic carbocycles. The second kappa shape index (κ2) is 8.15. The summed E-state index contributed by atoms with van der Waals surface area (Å²) < 4.78 is 10.9. The highest BCUT2D eigenvalue weighted by Crippen LogP contribution is 2.23. The molecule has 0 bridgehead atoms. The number of rotatable bonds is 4. The Morgan fingerprint density at radius 3 is 2.56 bits per heavy atom. The van der Waals surface area contributed by atoms with Crippen molar-refractivity contribution in [3.05, 3.63) is 23.9 Å². The summed E-state index contributed by atoms with van der Waals surface area (Å²) >= 11 is 0. The fourth-order valence-corrected chi connectivity index (χ4v) is 3.84. The number of amides is 1. The summed E-state index contributed by atoms with van der Waals surface area (Å²) in [5.74, 6) is 1.10. The van der Waals surface area contributed by atoms with E-state index < -0.39 is 0 Å². The van der Waals surface area contributed by atoms with Crippen LogP contribution in [0.1, 0.15) is 32.4 Å². The molecule has 138 valence electrons. The Morgan fingerprint density at radius 2 is 1.92 bits per heavy atom. The van der Waals surface area contributed by atoms with Crippen LogP contribution in [0.2, 0.25) is 0 Å². The second-order valence-corrected chi connectivity index (χ2v) is 7.22. The van der Waals surface area contributed by atoms with Gasteiger partial charge in [0.15, 0.2) is 0 Å². The van der Waals surface area contributed by atoms with Crippen LogP contribution < -0.4 is 4.74 Å². The summed E-state index contributed by atoms with van der Waals surface area (Å²) in [7, 11) is 1.64. The Morgan fingerprint density at radius 1 is 1.24 bits per heavy atom. The number of morpholine rings is 1. The number of pyridine rings is 1. The van der Waals surface area contributed by atoms with Crippen LogP contribution in [0.4, 0.5) is 0 Å². The molecule has 0 aliphatic carbocycles. The fraction of sp³-hybridized carbons (Fsp3) is 0.684. The van der Waals surface area contributed by atoms with Crippen LogP contribution in [0.5, 0.6) is 5.88 Å². The van der Waals surface area contributed by atoms with Gasteiger partial charge < -0.3 is 14.4 Å². The normalized spacial score (nSPS) is 25.8. The first kappa shape index (κ1) is 18.1. The van der Waals surface area contributed by atoms with Crippen LogP contribution in [-0.2, 0) is 16.1 Å². The molecule has 2 fully saturated rings. The molecule has 6 nitrogen and oxygen atoms in total. The minimum absolute atomic E-state index is 0.131. The van der Waals surface area contributed by atoms with Gasteiger partial charge in [0.1, 0.15) is 0 Å². The monoisotopic (exact) mass is 347 g/mol. The van der Waals surface area contributed by atoms with Crippen molar-refractivity contribution >= 4 is 5.91 Å². The summed E-state index contributed by atoms with van der Waals surface area (Å²) in [4.78, 5) is 21.7. The van der Waals surface area contributed by atoms with Gasteiger partial charge in [0, 0.05) is 31.6 Å². The van der Waals surface area contributed by atoms with E-state index in [1.165, 1.54) is 0 Å². The van der Waals surface area contributed by atoms with Crippen molar-refractivity contribution in [3.63, 3.8) is 0 Å². The van der Waals surface area contributed by atoms with Gasteiger partial charge in [-0.1, -0.05) is 6.07 Å². The van der Waals surface area contributed by atoms with Crippen molar-refractivity contribution in [2.45, 2.75) is 45.4 Å². The Labute approximate surface area is 150 Å². The van der Waals surface area contributed by atoms with Gasteiger partial charge in [0.25, 0.3) is 0 Å². The third-order valence-corrected chi connectivity index (χ3v) is 5.04. The lowest BCUT2D eigenvalue weighted by Crippen LogP contribution is -2.51. The average Bonchev–Trinajstić information content (AvgIpc) is 2.61. The number of nitrogens with zero attached hydrogens (tertiary/aromatic N) is 3. The molecule has 0 spiro atoms. The fourth-order valence-electron chi connectivity index (χ4n) is 3.84. The number of carbonyl (C=O) groups is 1. The van der Waals surface area contributed by atoms with Gasteiger partial charge >= 0.3 is 0 Å². The number of piperidine rings is 1. The quantitative estimate of drug-likeness (QED) is 0.833. The van der Waals surface area contributed by atoms with Gasteiger partial charge in [0.2, 0.25) is 11.8 Å². The smallest absolute Gasteiger partial charge is 0.225 e. The van der Waals surface area contributed by atoms with Crippen molar-refractivity contribution < 1.29 is 14.3 Å². The molecule has 0 radical (unpaired) electrons. The summed E-state index contributed by atoms with van der Waals surface area (Å²) in [6.07, 6.45) is 2.10. The lowest BCUT2D eigenvalue weighted by molar-refractivity contribution is -0.148. The lowest BCUT2D eigenvalue weighted by atomic mass is 9.94. The molecule has 1 amide bonds.